The number of aryl methyl sites for hydroxylation is 1. The van der Waals surface area contributed by atoms with Gasteiger partial charge in [0.15, 0.2) is 0 Å². The lowest BCUT2D eigenvalue weighted by Gasteiger charge is -2.15. The highest BCUT2D eigenvalue weighted by molar-refractivity contribution is 14.1. The largest absolute Gasteiger partial charge is 0.398 e. The third-order valence-electron chi connectivity index (χ3n) is 2.38. The Morgan fingerprint density at radius 2 is 2.07 bits per heavy atom. The lowest BCUT2D eigenvalue weighted by molar-refractivity contribution is 0.639. The molecule has 0 aliphatic heterocycles. The van der Waals surface area contributed by atoms with Crippen LogP contribution >= 0.6 is 22.6 Å². The summed E-state index contributed by atoms with van der Waals surface area (Å²) < 4.78 is 1.20. The van der Waals surface area contributed by atoms with Crippen molar-refractivity contribution >= 4 is 28.3 Å². The zero-order chi connectivity index (χ0) is 10.7. The van der Waals surface area contributed by atoms with Gasteiger partial charge in [-0.25, -0.2) is 0 Å². The smallest absolute Gasteiger partial charge is 0.0392 e. The number of benzene rings is 1. The second-order valence-corrected chi connectivity index (χ2v) is 4.87. The zero-order valence-electron chi connectivity index (χ0n) is 8.68. The van der Waals surface area contributed by atoms with E-state index in [-0.39, 0.29) is 6.04 Å². The maximum absolute atomic E-state index is 6.06. The second-order valence-electron chi connectivity index (χ2n) is 3.62. The zero-order valence-corrected chi connectivity index (χ0v) is 10.8. The Morgan fingerprint density at radius 3 is 2.64 bits per heavy atom. The van der Waals surface area contributed by atoms with E-state index in [4.69, 9.17) is 11.5 Å². The van der Waals surface area contributed by atoms with E-state index >= 15 is 0 Å². The van der Waals surface area contributed by atoms with E-state index in [0.717, 1.165) is 29.7 Å². The van der Waals surface area contributed by atoms with Gasteiger partial charge in [-0.2, -0.15) is 0 Å². The van der Waals surface area contributed by atoms with Crippen LogP contribution in [-0.2, 0) is 0 Å². The first-order chi connectivity index (χ1) is 6.56. The number of hydrogen-bond donors (Lipinski definition) is 2. The van der Waals surface area contributed by atoms with Crippen molar-refractivity contribution in [3.63, 3.8) is 0 Å². The fourth-order valence-corrected chi connectivity index (χ4v) is 2.36. The monoisotopic (exact) mass is 304 g/mol. The Hall–Kier alpha value is -0.290. The molecule has 0 fully saturated rings. The summed E-state index contributed by atoms with van der Waals surface area (Å²) in [7, 11) is 0. The molecule has 4 N–H and O–H groups in total. The summed E-state index contributed by atoms with van der Waals surface area (Å²) in [4.78, 5) is 0. The Kier molecular flexibility index (Phi) is 4.19. The van der Waals surface area contributed by atoms with Gasteiger partial charge in [-0.05, 0) is 59.2 Å². The molecule has 1 aromatic carbocycles. The summed E-state index contributed by atoms with van der Waals surface area (Å²) >= 11 is 2.30. The number of anilines is 1. The molecule has 0 bridgehead atoms. The van der Waals surface area contributed by atoms with Crippen LogP contribution in [0.3, 0.4) is 0 Å². The van der Waals surface area contributed by atoms with Crippen molar-refractivity contribution in [2.24, 2.45) is 5.73 Å². The molecule has 0 aliphatic rings. The molecule has 14 heavy (non-hydrogen) atoms. The number of halogens is 1. The van der Waals surface area contributed by atoms with E-state index in [2.05, 4.69) is 41.6 Å². The minimum Gasteiger partial charge on any atom is -0.398 e. The van der Waals surface area contributed by atoms with Crippen LogP contribution in [0.25, 0.3) is 0 Å². The second kappa shape index (κ2) is 4.98. The van der Waals surface area contributed by atoms with E-state index in [1.165, 1.54) is 3.57 Å². The van der Waals surface area contributed by atoms with Crippen LogP contribution in [0.2, 0.25) is 0 Å². The molecule has 2 nitrogen and oxygen atoms in total. The summed E-state index contributed by atoms with van der Waals surface area (Å²) in [5.41, 5.74) is 15.1. The Labute approximate surface area is 99.2 Å². The first-order valence-electron chi connectivity index (χ1n) is 4.87. The van der Waals surface area contributed by atoms with E-state index in [0.29, 0.717) is 0 Å². The standard InChI is InChI=1S/C11H17IN2/c1-3-4-10(13)9-6-8(12)5-7(2)11(9)14/h5-6,10H,3-4,13-14H2,1-2H3/t10-/m0/s1. The van der Waals surface area contributed by atoms with Crippen LogP contribution in [0.4, 0.5) is 5.69 Å². The third-order valence-corrected chi connectivity index (χ3v) is 3.01. The van der Waals surface area contributed by atoms with Gasteiger partial charge in [0.05, 0.1) is 0 Å². The Morgan fingerprint density at radius 1 is 1.43 bits per heavy atom. The minimum absolute atomic E-state index is 0.0772. The summed E-state index contributed by atoms with van der Waals surface area (Å²) in [6.07, 6.45) is 2.08. The molecule has 0 heterocycles. The van der Waals surface area contributed by atoms with E-state index in [1.807, 2.05) is 6.92 Å². The molecule has 1 aromatic rings. The minimum atomic E-state index is 0.0772. The molecule has 1 rings (SSSR count). The van der Waals surface area contributed by atoms with E-state index in [1.54, 1.807) is 0 Å². The van der Waals surface area contributed by atoms with Gasteiger partial charge < -0.3 is 11.5 Å². The molecule has 0 spiro atoms. The normalized spacial score (nSPS) is 12.9. The maximum Gasteiger partial charge on any atom is 0.0392 e. The van der Waals surface area contributed by atoms with Crippen LogP contribution in [-0.4, -0.2) is 0 Å². The number of rotatable bonds is 3. The van der Waals surface area contributed by atoms with Crippen molar-refractivity contribution in [3.05, 3.63) is 26.8 Å². The quantitative estimate of drug-likeness (QED) is 0.666. The number of hydrogen-bond acceptors (Lipinski definition) is 2. The lowest BCUT2D eigenvalue weighted by Crippen LogP contribution is -2.13. The fourth-order valence-electron chi connectivity index (χ4n) is 1.55. The predicted molar refractivity (Wildman–Crippen MR) is 70.1 cm³/mol. The van der Waals surface area contributed by atoms with Crippen LogP contribution in [0.5, 0.6) is 0 Å². The van der Waals surface area contributed by atoms with Gasteiger partial charge in [0.1, 0.15) is 0 Å². The number of nitrogen functional groups attached to an aromatic ring is 1. The topological polar surface area (TPSA) is 52.0 Å². The first kappa shape index (κ1) is 11.8. The summed E-state index contributed by atoms with van der Waals surface area (Å²) in [5.74, 6) is 0. The van der Waals surface area contributed by atoms with Crippen LogP contribution in [0.1, 0.15) is 36.9 Å². The summed E-state index contributed by atoms with van der Waals surface area (Å²) in [5, 5.41) is 0. The number of nitrogens with two attached hydrogens (primary N) is 2. The van der Waals surface area contributed by atoms with Gasteiger partial charge in [0, 0.05) is 15.3 Å². The molecular formula is C11H17IN2. The Balaban J connectivity index is 3.07. The van der Waals surface area contributed by atoms with Gasteiger partial charge in [0.25, 0.3) is 0 Å². The average Bonchev–Trinajstić information content (AvgIpc) is 2.11. The summed E-state index contributed by atoms with van der Waals surface area (Å²) in [6, 6.07) is 4.25. The average molecular weight is 304 g/mol. The maximum atomic E-state index is 6.06. The van der Waals surface area contributed by atoms with Gasteiger partial charge in [0.2, 0.25) is 0 Å². The molecule has 0 saturated carbocycles. The van der Waals surface area contributed by atoms with Crippen molar-refractivity contribution in [1.82, 2.24) is 0 Å². The summed E-state index contributed by atoms with van der Waals surface area (Å²) in [6.45, 7) is 4.16. The third kappa shape index (κ3) is 2.60. The predicted octanol–water partition coefficient (Wildman–Crippen LogP) is 2.98. The molecule has 1 atom stereocenters. The van der Waals surface area contributed by atoms with Gasteiger partial charge in [-0.1, -0.05) is 13.3 Å². The highest BCUT2D eigenvalue weighted by Crippen LogP contribution is 2.27. The van der Waals surface area contributed by atoms with Gasteiger partial charge in [-0.3, -0.25) is 0 Å². The molecule has 0 radical (unpaired) electrons. The highest BCUT2D eigenvalue weighted by Gasteiger charge is 2.11. The molecule has 0 unspecified atom stereocenters. The van der Waals surface area contributed by atoms with Gasteiger partial charge in [-0.15, -0.1) is 0 Å². The first-order valence-corrected chi connectivity index (χ1v) is 5.95. The van der Waals surface area contributed by atoms with Crippen LogP contribution in [0.15, 0.2) is 12.1 Å². The lowest BCUT2D eigenvalue weighted by atomic mass is 9.99. The SMILES string of the molecule is CCC[C@H](N)c1cc(I)cc(C)c1N. The Bertz CT molecular complexity index is 323. The van der Waals surface area contributed by atoms with E-state index in [9.17, 15) is 0 Å². The van der Waals surface area contributed by atoms with E-state index < -0.39 is 0 Å². The highest BCUT2D eigenvalue weighted by atomic mass is 127. The molecule has 0 aromatic heterocycles. The fraction of sp³-hybridized carbons (Fsp3) is 0.455. The molecule has 78 valence electrons. The van der Waals surface area contributed by atoms with Crippen molar-refractivity contribution in [3.8, 4) is 0 Å². The van der Waals surface area contributed by atoms with Gasteiger partial charge >= 0.3 is 0 Å². The van der Waals surface area contributed by atoms with Crippen LogP contribution < -0.4 is 11.5 Å². The van der Waals surface area contributed by atoms with Crippen molar-refractivity contribution < 1.29 is 0 Å². The van der Waals surface area contributed by atoms with Crippen molar-refractivity contribution in [2.45, 2.75) is 32.7 Å². The van der Waals surface area contributed by atoms with Crippen molar-refractivity contribution in [2.75, 3.05) is 5.73 Å². The molecule has 0 saturated heterocycles. The van der Waals surface area contributed by atoms with Crippen molar-refractivity contribution in [1.29, 1.82) is 0 Å². The molecular weight excluding hydrogens is 287 g/mol. The molecule has 0 amide bonds. The molecule has 3 heteroatoms. The van der Waals surface area contributed by atoms with Crippen LogP contribution in [0, 0.1) is 10.5 Å². The molecule has 0 aliphatic carbocycles.